The summed E-state index contributed by atoms with van der Waals surface area (Å²) in [4.78, 5) is 19.8. The molecule has 0 unspecified atom stereocenters. The molecule has 0 aliphatic heterocycles. The van der Waals surface area contributed by atoms with Gasteiger partial charge in [0.1, 0.15) is 16.8 Å². The lowest BCUT2D eigenvalue weighted by Crippen LogP contribution is -2.24. The molecule has 0 fully saturated rings. The molecule has 0 aromatic carbocycles. The molecule has 5 nitrogen and oxygen atoms in total. The smallest absolute Gasteiger partial charge is 0.266 e. The molecule has 0 spiro atoms. The van der Waals surface area contributed by atoms with Crippen LogP contribution in [0.3, 0.4) is 0 Å². The highest BCUT2D eigenvalue weighted by atomic mass is 79.9. The summed E-state index contributed by atoms with van der Waals surface area (Å²) in [6.45, 7) is 0.256. The molecule has 0 bridgehead atoms. The van der Waals surface area contributed by atoms with E-state index in [0.29, 0.717) is 14.8 Å². The molecule has 2 rings (SSSR count). The largest absolute Gasteiger partial charge is 0.282 e. The molecular weight excluding hydrogens is 340 g/mol. The van der Waals surface area contributed by atoms with Gasteiger partial charge in [-0.25, -0.2) is 14.6 Å². The van der Waals surface area contributed by atoms with Gasteiger partial charge in [0.2, 0.25) is 0 Å². The average Bonchev–Trinajstić information content (AvgIpc) is 2.31. The predicted molar refractivity (Wildman–Crippen MR) is 65.0 cm³/mol. The molecule has 82 valence electrons. The minimum atomic E-state index is -0.221. The second-order valence-corrected chi connectivity index (χ2v) is 4.58. The average molecular weight is 346 g/mol. The highest BCUT2D eigenvalue weighted by molar-refractivity contribution is 9.13. The van der Waals surface area contributed by atoms with Gasteiger partial charge in [-0.3, -0.25) is 4.79 Å². The summed E-state index contributed by atoms with van der Waals surface area (Å²) < 4.78 is 2.37. The van der Waals surface area contributed by atoms with Crippen LogP contribution in [-0.2, 0) is 6.54 Å². The van der Waals surface area contributed by atoms with Crippen molar-refractivity contribution in [3.8, 4) is 0 Å². The van der Waals surface area contributed by atoms with E-state index in [2.05, 4.69) is 46.9 Å². The Kier molecular flexibility index (Phi) is 3.45. The van der Waals surface area contributed by atoms with Crippen molar-refractivity contribution in [3.63, 3.8) is 0 Å². The van der Waals surface area contributed by atoms with Gasteiger partial charge in [-0.2, -0.15) is 5.10 Å². The highest BCUT2D eigenvalue weighted by Crippen LogP contribution is 2.16. The van der Waals surface area contributed by atoms with Crippen LogP contribution in [0.5, 0.6) is 0 Å². The summed E-state index contributed by atoms with van der Waals surface area (Å²) in [6, 6.07) is 1.72. The first-order valence-corrected chi connectivity index (χ1v) is 5.94. The van der Waals surface area contributed by atoms with Crippen molar-refractivity contribution in [2.75, 3.05) is 0 Å². The van der Waals surface area contributed by atoms with Crippen LogP contribution in [-0.4, -0.2) is 19.7 Å². The molecule has 0 amide bonds. The molecule has 7 heteroatoms. The summed E-state index contributed by atoms with van der Waals surface area (Å²) in [5.74, 6) is 0.548. The maximum atomic E-state index is 11.8. The first-order chi connectivity index (χ1) is 7.68. The fourth-order valence-electron chi connectivity index (χ4n) is 1.10. The summed E-state index contributed by atoms with van der Waals surface area (Å²) in [5.41, 5.74) is -0.221. The quantitative estimate of drug-likeness (QED) is 0.829. The first-order valence-electron chi connectivity index (χ1n) is 4.35. The molecule has 2 aromatic heterocycles. The van der Waals surface area contributed by atoms with E-state index in [4.69, 9.17) is 0 Å². The van der Waals surface area contributed by atoms with Crippen LogP contribution in [0.1, 0.15) is 5.82 Å². The van der Waals surface area contributed by atoms with Crippen LogP contribution in [0.2, 0.25) is 0 Å². The van der Waals surface area contributed by atoms with E-state index in [9.17, 15) is 4.79 Å². The van der Waals surface area contributed by atoms with Gasteiger partial charge in [-0.05, 0) is 37.9 Å². The molecule has 0 saturated carbocycles. The van der Waals surface area contributed by atoms with Gasteiger partial charge in [-0.1, -0.05) is 0 Å². The van der Waals surface area contributed by atoms with E-state index >= 15 is 0 Å². The van der Waals surface area contributed by atoms with Crippen molar-refractivity contribution < 1.29 is 0 Å². The Morgan fingerprint density at radius 3 is 2.62 bits per heavy atom. The van der Waals surface area contributed by atoms with Crippen LogP contribution in [0.4, 0.5) is 0 Å². The summed E-state index contributed by atoms with van der Waals surface area (Å²) in [6.07, 6.45) is 4.80. The van der Waals surface area contributed by atoms with Crippen molar-refractivity contribution >= 4 is 31.9 Å². The second kappa shape index (κ2) is 4.84. The van der Waals surface area contributed by atoms with E-state index in [-0.39, 0.29) is 12.1 Å². The van der Waals surface area contributed by atoms with E-state index < -0.39 is 0 Å². The zero-order chi connectivity index (χ0) is 11.5. The summed E-state index contributed by atoms with van der Waals surface area (Å²) >= 11 is 6.39. The van der Waals surface area contributed by atoms with Gasteiger partial charge in [0.15, 0.2) is 0 Å². The van der Waals surface area contributed by atoms with Crippen molar-refractivity contribution in [2.45, 2.75) is 6.54 Å². The lowest BCUT2D eigenvalue weighted by atomic mass is 10.5. The number of aromatic nitrogens is 4. The lowest BCUT2D eigenvalue weighted by molar-refractivity contribution is 0.609. The third kappa shape index (κ3) is 2.35. The third-order valence-electron chi connectivity index (χ3n) is 1.85. The van der Waals surface area contributed by atoms with Crippen LogP contribution in [0.25, 0.3) is 0 Å². The molecule has 0 radical (unpaired) electrons. The van der Waals surface area contributed by atoms with Gasteiger partial charge in [0.05, 0.1) is 10.7 Å². The minimum absolute atomic E-state index is 0.221. The summed E-state index contributed by atoms with van der Waals surface area (Å²) in [7, 11) is 0. The van der Waals surface area contributed by atoms with Crippen molar-refractivity contribution in [2.24, 2.45) is 0 Å². The van der Waals surface area contributed by atoms with Crippen molar-refractivity contribution in [1.29, 1.82) is 0 Å². The molecule has 16 heavy (non-hydrogen) atoms. The summed E-state index contributed by atoms with van der Waals surface area (Å²) in [5, 5.41) is 3.98. The molecule has 0 saturated heterocycles. The highest BCUT2D eigenvalue weighted by Gasteiger charge is 2.07. The first kappa shape index (κ1) is 11.4. The van der Waals surface area contributed by atoms with Crippen LogP contribution in [0, 0.1) is 0 Å². The Hall–Kier alpha value is -1.08. The van der Waals surface area contributed by atoms with Gasteiger partial charge in [0.25, 0.3) is 5.56 Å². The Morgan fingerprint density at radius 2 is 1.94 bits per heavy atom. The Bertz CT molecular complexity index is 555. The number of rotatable bonds is 2. The van der Waals surface area contributed by atoms with Crippen LogP contribution < -0.4 is 5.56 Å². The molecule has 0 aliphatic rings. The van der Waals surface area contributed by atoms with Gasteiger partial charge in [0, 0.05) is 12.4 Å². The molecule has 2 aromatic rings. The second-order valence-electron chi connectivity index (χ2n) is 2.93. The molecule has 0 aliphatic carbocycles. The van der Waals surface area contributed by atoms with Gasteiger partial charge >= 0.3 is 0 Å². The predicted octanol–water partition coefficient (Wildman–Crippen LogP) is 1.61. The van der Waals surface area contributed by atoms with E-state index in [0.717, 1.165) is 0 Å². The number of halogens is 2. The Labute approximate surface area is 108 Å². The number of nitrogens with zero attached hydrogens (tertiary/aromatic N) is 4. The van der Waals surface area contributed by atoms with E-state index in [1.807, 2.05) is 0 Å². The maximum Gasteiger partial charge on any atom is 0.282 e. The molecule has 0 atom stereocenters. The van der Waals surface area contributed by atoms with Crippen LogP contribution >= 0.6 is 31.9 Å². The zero-order valence-corrected chi connectivity index (χ0v) is 11.1. The topological polar surface area (TPSA) is 60.7 Å². The van der Waals surface area contributed by atoms with Crippen molar-refractivity contribution in [1.82, 2.24) is 19.7 Å². The molecule has 2 heterocycles. The van der Waals surface area contributed by atoms with E-state index in [1.165, 1.54) is 4.68 Å². The Balaban J connectivity index is 2.37. The van der Waals surface area contributed by atoms with Crippen LogP contribution in [0.15, 0.2) is 38.4 Å². The SMILES string of the molecule is O=c1c(Br)c(Br)cnn1Cc1ncccn1. The van der Waals surface area contributed by atoms with Gasteiger partial charge < -0.3 is 0 Å². The normalized spacial score (nSPS) is 10.4. The fraction of sp³-hybridized carbons (Fsp3) is 0.111. The maximum absolute atomic E-state index is 11.8. The minimum Gasteiger partial charge on any atom is -0.266 e. The monoisotopic (exact) mass is 344 g/mol. The number of hydrogen-bond acceptors (Lipinski definition) is 4. The fourth-order valence-corrected chi connectivity index (χ4v) is 1.67. The molecule has 0 N–H and O–H groups in total. The number of hydrogen-bond donors (Lipinski definition) is 0. The third-order valence-corrected chi connectivity index (χ3v) is 3.75. The molecular formula is C9H6Br2N4O. The zero-order valence-electron chi connectivity index (χ0n) is 7.97. The van der Waals surface area contributed by atoms with Crippen molar-refractivity contribution in [3.05, 3.63) is 49.8 Å². The van der Waals surface area contributed by atoms with Gasteiger partial charge in [-0.15, -0.1) is 0 Å². The standard InChI is InChI=1S/C9H6Br2N4O/c10-6-4-14-15(9(16)8(6)11)5-7-12-2-1-3-13-7/h1-4H,5H2. The Morgan fingerprint density at radius 1 is 1.25 bits per heavy atom. The van der Waals surface area contributed by atoms with E-state index in [1.54, 1.807) is 24.7 Å². The lowest BCUT2D eigenvalue weighted by Gasteiger charge is -2.03.